The van der Waals surface area contributed by atoms with Crippen LogP contribution in [0.4, 0.5) is 0 Å². The van der Waals surface area contributed by atoms with E-state index in [1.54, 1.807) is 0 Å². The molecule has 0 bridgehead atoms. The summed E-state index contributed by atoms with van der Waals surface area (Å²) in [4.78, 5) is 14.8. The van der Waals surface area contributed by atoms with Gasteiger partial charge in [0.2, 0.25) is 0 Å². The van der Waals surface area contributed by atoms with Gasteiger partial charge in [0.15, 0.2) is 0 Å². The molecule has 17 heavy (non-hydrogen) atoms. The molecule has 2 heterocycles. The summed E-state index contributed by atoms with van der Waals surface area (Å²) in [6.07, 6.45) is 7.24. The molecular weight excluding hydrogens is 214 g/mol. The molecule has 96 valence electrons. The van der Waals surface area contributed by atoms with Crippen molar-refractivity contribution in [3.05, 3.63) is 0 Å². The van der Waals surface area contributed by atoms with Gasteiger partial charge in [-0.25, -0.2) is 0 Å². The summed E-state index contributed by atoms with van der Waals surface area (Å²) in [5.74, 6) is 0.661. The lowest BCUT2D eigenvalue weighted by Crippen LogP contribution is -2.55. The molecule has 0 aromatic carbocycles. The van der Waals surface area contributed by atoms with Crippen LogP contribution in [-0.4, -0.2) is 35.1 Å². The molecule has 3 nitrogen and oxygen atoms in total. The summed E-state index contributed by atoms with van der Waals surface area (Å²) >= 11 is 0. The largest absolute Gasteiger partial charge is 0.365 e. The molecule has 3 atom stereocenters. The van der Waals surface area contributed by atoms with Gasteiger partial charge >= 0.3 is 0 Å². The first-order valence-corrected chi connectivity index (χ1v) is 7.09. The highest BCUT2D eigenvalue weighted by Gasteiger charge is 2.50. The summed E-state index contributed by atoms with van der Waals surface area (Å²) < 4.78 is 5.82. The van der Waals surface area contributed by atoms with Crippen molar-refractivity contribution in [3.8, 4) is 0 Å². The topological polar surface area (TPSA) is 29.5 Å². The summed E-state index contributed by atoms with van der Waals surface area (Å²) in [7, 11) is 0. The van der Waals surface area contributed by atoms with Crippen LogP contribution < -0.4 is 0 Å². The SMILES string of the molecule is CC1CC(C)C(C(=O)N2CCCC23CCC3)O1. The fourth-order valence-corrected chi connectivity index (χ4v) is 3.93. The molecule has 3 rings (SSSR count). The van der Waals surface area contributed by atoms with Crippen molar-refractivity contribution in [2.75, 3.05) is 6.54 Å². The highest BCUT2D eigenvalue weighted by Crippen LogP contribution is 2.46. The molecule has 1 saturated carbocycles. The smallest absolute Gasteiger partial charge is 0.252 e. The normalized spacial score (nSPS) is 39.6. The predicted octanol–water partition coefficient (Wildman–Crippen LogP) is 2.34. The molecule has 1 aliphatic carbocycles. The van der Waals surface area contributed by atoms with Gasteiger partial charge in [-0.2, -0.15) is 0 Å². The minimum atomic E-state index is -0.166. The van der Waals surface area contributed by atoms with Crippen LogP contribution >= 0.6 is 0 Å². The Kier molecular flexibility index (Phi) is 2.69. The Hall–Kier alpha value is -0.570. The zero-order chi connectivity index (χ0) is 12.0. The zero-order valence-corrected chi connectivity index (χ0v) is 10.9. The van der Waals surface area contributed by atoms with Crippen LogP contribution in [0.5, 0.6) is 0 Å². The van der Waals surface area contributed by atoms with Gasteiger partial charge in [-0.1, -0.05) is 6.92 Å². The minimum Gasteiger partial charge on any atom is -0.365 e. The lowest BCUT2D eigenvalue weighted by atomic mass is 9.74. The van der Waals surface area contributed by atoms with E-state index in [-0.39, 0.29) is 23.7 Å². The lowest BCUT2D eigenvalue weighted by molar-refractivity contribution is -0.151. The van der Waals surface area contributed by atoms with E-state index in [0.29, 0.717) is 5.92 Å². The maximum Gasteiger partial charge on any atom is 0.252 e. The highest BCUT2D eigenvalue weighted by atomic mass is 16.5. The summed E-state index contributed by atoms with van der Waals surface area (Å²) in [6, 6.07) is 0. The van der Waals surface area contributed by atoms with Gasteiger partial charge in [0.05, 0.1) is 6.10 Å². The molecule has 3 fully saturated rings. The van der Waals surface area contributed by atoms with E-state index in [9.17, 15) is 4.79 Å². The number of rotatable bonds is 1. The Morgan fingerprint density at radius 1 is 1.24 bits per heavy atom. The fraction of sp³-hybridized carbons (Fsp3) is 0.929. The number of hydrogen-bond acceptors (Lipinski definition) is 2. The minimum absolute atomic E-state index is 0.166. The third-order valence-corrected chi connectivity index (χ3v) is 4.99. The van der Waals surface area contributed by atoms with Crippen molar-refractivity contribution < 1.29 is 9.53 Å². The van der Waals surface area contributed by atoms with E-state index in [0.717, 1.165) is 13.0 Å². The van der Waals surface area contributed by atoms with Gasteiger partial charge in [0, 0.05) is 12.1 Å². The van der Waals surface area contributed by atoms with E-state index in [4.69, 9.17) is 4.74 Å². The average Bonchev–Trinajstić information content (AvgIpc) is 2.79. The van der Waals surface area contributed by atoms with Crippen molar-refractivity contribution in [1.29, 1.82) is 0 Å². The first-order chi connectivity index (χ1) is 8.12. The number of ether oxygens (including phenoxy) is 1. The number of carbonyl (C=O) groups excluding carboxylic acids is 1. The highest BCUT2D eigenvalue weighted by molar-refractivity contribution is 5.82. The molecule has 0 radical (unpaired) electrons. The van der Waals surface area contributed by atoms with Crippen LogP contribution in [0.25, 0.3) is 0 Å². The van der Waals surface area contributed by atoms with Crippen molar-refractivity contribution in [3.63, 3.8) is 0 Å². The molecule has 0 aromatic heterocycles. The Balaban J connectivity index is 1.73. The van der Waals surface area contributed by atoms with Crippen molar-refractivity contribution in [1.82, 2.24) is 4.90 Å². The van der Waals surface area contributed by atoms with Gasteiger partial charge in [-0.15, -0.1) is 0 Å². The molecule has 3 unspecified atom stereocenters. The second-order valence-electron chi connectivity index (χ2n) is 6.25. The second-order valence-corrected chi connectivity index (χ2v) is 6.25. The Bertz CT molecular complexity index is 324. The quantitative estimate of drug-likeness (QED) is 0.700. The maximum atomic E-state index is 12.6. The Labute approximate surface area is 104 Å². The van der Waals surface area contributed by atoms with E-state index in [1.807, 2.05) is 0 Å². The lowest BCUT2D eigenvalue weighted by Gasteiger charge is -2.46. The standard InChI is InChI=1S/C14H23NO2/c1-10-9-11(2)17-12(10)13(16)15-8-4-7-14(15)5-3-6-14/h10-12H,3-9H2,1-2H3. The number of nitrogens with zero attached hydrogens (tertiary/aromatic N) is 1. The average molecular weight is 237 g/mol. The molecule has 1 amide bonds. The number of likely N-dealkylation sites (tertiary alicyclic amines) is 1. The van der Waals surface area contributed by atoms with Crippen LogP contribution in [0.1, 0.15) is 52.4 Å². The van der Waals surface area contributed by atoms with Gasteiger partial charge in [0.25, 0.3) is 5.91 Å². The molecule has 2 aliphatic heterocycles. The Morgan fingerprint density at radius 2 is 1.94 bits per heavy atom. The molecule has 3 heteroatoms. The van der Waals surface area contributed by atoms with Gasteiger partial charge in [-0.3, -0.25) is 4.79 Å². The molecular formula is C14H23NO2. The van der Waals surface area contributed by atoms with E-state index >= 15 is 0 Å². The number of carbonyl (C=O) groups is 1. The molecule has 0 aromatic rings. The van der Waals surface area contributed by atoms with E-state index in [2.05, 4.69) is 18.7 Å². The number of amides is 1. The van der Waals surface area contributed by atoms with Crippen molar-refractivity contribution in [2.45, 2.75) is 70.1 Å². The van der Waals surface area contributed by atoms with Gasteiger partial charge in [0.1, 0.15) is 6.10 Å². The molecule has 1 spiro atoms. The summed E-state index contributed by atoms with van der Waals surface area (Å²) in [5, 5.41) is 0. The van der Waals surface area contributed by atoms with Gasteiger partial charge < -0.3 is 9.64 Å². The Morgan fingerprint density at radius 3 is 2.47 bits per heavy atom. The molecule has 3 aliphatic rings. The van der Waals surface area contributed by atoms with Gasteiger partial charge in [-0.05, 0) is 51.4 Å². The fourth-order valence-electron chi connectivity index (χ4n) is 3.93. The third-order valence-electron chi connectivity index (χ3n) is 4.99. The van der Waals surface area contributed by atoms with Crippen molar-refractivity contribution >= 4 is 5.91 Å². The van der Waals surface area contributed by atoms with E-state index in [1.165, 1.54) is 32.1 Å². The van der Waals surface area contributed by atoms with Crippen LogP contribution in [0, 0.1) is 5.92 Å². The summed E-state index contributed by atoms with van der Waals surface area (Å²) in [5.41, 5.74) is 0.242. The first-order valence-electron chi connectivity index (χ1n) is 7.09. The zero-order valence-electron chi connectivity index (χ0n) is 10.9. The van der Waals surface area contributed by atoms with Crippen LogP contribution in [0.2, 0.25) is 0 Å². The molecule has 2 saturated heterocycles. The number of hydrogen-bond donors (Lipinski definition) is 0. The third kappa shape index (κ3) is 1.70. The maximum absolute atomic E-state index is 12.6. The molecule has 0 N–H and O–H groups in total. The second kappa shape index (κ2) is 3.98. The van der Waals surface area contributed by atoms with E-state index < -0.39 is 0 Å². The first kappa shape index (κ1) is 11.5. The monoisotopic (exact) mass is 237 g/mol. The predicted molar refractivity (Wildman–Crippen MR) is 65.6 cm³/mol. The van der Waals surface area contributed by atoms with Crippen LogP contribution in [0.15, 0.2) is 0 Å². The van der Waals surface area contributed by atoms with Crippen LogP contribution in [0.3, 0.4) is 0 Å². The van der Waals surface area contributed by atoms with Crippen molar-refractivity contribution in [2.24, 2.45) is 5.92 Å². The summed E-state index contributed by atoms with van der Waals surface area (Å²) in [6.45, 7) is 5.18. The van der Waals surface area contributed by atoms with Crippen LogP contribution in [-0.2, 0) is 9.53 Å².